The maximum absolute atomic E-state index is 13.4. The monoisotopic (exact) mass is 266 g/mol. The fourth-order valence-electron chi connectivity index (χ4n) is 1.77. The number of hydrogen-bond donors (Lipinski definition) is 2. The number of nitrogens with two attached hydrogens (primary N) is 1. The summed E-state index contributed by atoms with van der Waals surface area (Å²) < 4.78 is 18.9. The summed E-state index contributed by atoms with van der Waals surface area (Å²) in [5.41, 5.74) is 6.04. The van der Waals surface area contributed by atoms with Crippen molar-refractivity contribution in [3.8, 4) is 0 Å². The van der Waals surface area contributed by atoms with Crippen LogP contribution < -0.4 is 11.1 Å². The molecule has 19 heavy (non-hydrogen) atoms. The van der Waals surface area contributed by atoms with Crippen LogP contribution in [0.1, 0.15) is 26.2 Å². The molecule has 1 aromatic carbocycles. The highest BCUT2D eigenvalue weighted by atomic mass is 19.1. The number of nitrogens with one attached hydrogen (secondary N) is 1. The quantitative estimate of drug-likeness (QED) is 0.778. The molecule has 1 amide bonds. The molecule has 0 heterocycles. The molecule has 0 saturated heterocycles. The Labute approximate surface area is 112 Å². The summed E-state index contributed by atoms with van der Waals surface area (Å²) in [6.45, 7) is 2.23. The van der Waals surface area contributed by atoms with E-state index < -0.39 is 11.9 Å². The van der Waals surface area contributed by atoms with Crippen molar-refractivity contribution in [2.45, 2.75) is 32.3 Å². The van der Waals surface area contributed by atoms with Gasteiger partial charge >= 0.3 is 0 Å². The van der Waals surface area contributed by atoms with E-state index in [1.165, 1.54) is 31.0 Å². The normalized spacial score (nSPS) is 16.1. The second-order valence-electron chi connectivity index (χ2n) is 4.97. The van der Waals surface area contributed by atoms with E-state index in [9.17, 15) is 9.18 Å². The molecule has 1 unspecified atom stereocenters. The Morgan fingerprint density at radius 3 is 3.00 bits per heavy atom. The number of nitrogen functional groups attached to an aromatic ring is 1. The summed E-state index contributed by atoms with van der Waals surface area (Å²) in [7, 11) is 0. The average molecular weight is 266 g/mol. The molecule has 1 fully saturated rings. The highest BCUT2D eigenvalue weighted by Gasteiger charge is 2.22. The Bertz CT molecular complexity index is 461. The van der Waals surface area contributed by atoms with Gasteiger partial charge in [0.05, 0.1) is 5.69 Å². The van der Waals surface area contributed by atoms with Crippen LogP contribution in [0.4, 0.5) is 15.8 Å². The van der Waals surface area contributed by atoms with Crippen molar-refractivity contribution < 1.29 is 13.9 Å². The fraction of sp³-hybridized carbons (Fsp3) is 0.500. The minimum atomic E-state index is -0.598. The molecule has 5 heteroatoms. The van der Waals surface area contributed by atoms with Gasteiger partial charge in [-0.1, -0.05) is 12.8 Å². The van der Waals surface area contributed by atoms with Gasteiger partial charge in [-0.15, -0.1) is 0 Å². The van der Waals surface area contributed by atoms with Crippen molar-refractivity contribution in [3.63, 3.8) is 0 Å². The molecular weight excluding hydrogens is 247 g/mol. The van der Waals surface area contributed by atoms with Gasteiger partial charge in [-0.25, -0.2) is 4.39 Å². The third-order valence-electron chi connectivity index (χ3n) is 3.21. The molecule has 0 aliphatic heterocycles. The molecule has 1 atom stereocenters. The van der Waals surface area contributed by atoms with Crippen molar-refractivity contribution in [3.05, 3.63) is 24.0 Å². The lowest BCUT2D eigenvalue weighted by atomic mass is 10.2. The standard InChI is InChI=1S/C14H19FN2O2/c1-9(19-7-6-10-2-3-10)14(18)17-13-8-11(16)4-5-12(13)15/h4-5,8-10H,2-3,6-7,16H2,1H3,(H,17,18). The molecule has 1 aromatic rings. The lowest BCUT2D eigenvalue weighted by Crippen LogP contribution is -2.28. The SMILES string of the molecule is CC(OCCC1CC1)C(=O)Nc1cc(N)ccc1F. The lowest BCUT2D eigenvalue weighted by molar-refractivity contribution is -0.126. The van der Waals surface area contributed by atoms with Crippen LogP contribution >= 0.6 is 0 Å². The molecule has 1 aliphatic carbocycles. The zero-order valence-corrected chi connectivity index (χ0v) is 11.0. The van der Waals surface area contributed by atoms with E-state index >= 15 is 0 Å². The Hall–Kier alpha value is -1.62. The minimum absolute atomic E-state index is 0.0858. The van der Waals surface area contributed by atoms with Gasteiger partial charge in [-0.2, -0.15) is 0 Å². The van der Waals surface area contributed by atoms with E-state index in [0.29, 0.717) is 12.3 Å². The first-order valence-electron chi connectivity index (χ1n) is 6.53. The van der Waals surface area contributed by atoms with Crippen LogP contribution in [0.15, 0.2) is 18.2 Å². The Morgan fingerprint density at radius 1 is 1.58 bits per heavy atom. The minimum Gasteiger partial charge on any atom is -0.399 e. The number of carbonyl (C=O) groups is 1. The maximum Gasteiger partial charge on any atom is 0.253 e. The molecule has 4 nitrogen and oxygen atoms in total. The summed E-state index contributed by atoms with van der Waals surface area (Å²) >= 11 is 0. The first kappa shape index (κ1) is 13.8. The number of amides is 1. The number of anilines is 2. The molecule has 0 spiro atoms. The summed E-state index contributed by atoms with van der Waals surface area (Å²) in [6, 6.07) is 4.06. The summed E-state index contributed by atoms with van der Waals surface area (Å²) in [6.07, 6.45) is 2.92. The molecule has 1 aliphatic rings. The molecule has 3 N–H and O–H groups in total. The zero-order valence-electron chi connectivity index (χ0n) is 11.0. The van der Waals surface area contributed by atoms with Crippen LogP contribution in [0.3, 0.4) is 0 Å². The van der Waals surface area contributed by atoms with Gasteiger partial charge in [0.1, 0.15) is 11.9 Å². The Morgan fingerprint density at radius 2 is 2.32 bits per heavy atom. The van der Waals surface area contributed by atoms with Crippen LogP contribution in [-0.4, -0.2) is 18.6 Å². The molecule has 1 saturated carbocycles. The predicted octanol–water partition coefficient (Wildman–Crippen LogP) is 2.55. The van der Waals surface area contributed by atoms with Gasteiger partial charge < -0.3 is 15.8 Å². The van der Waals surface area contributed by atoms with Crippen molar-refractivity contribution in [2.24, 2.45) is 5.92 Å². The van der Waals surface area contributed by atoms with E-state index in [1.807, 2.05) is 0 Å². The van der Waals surface area contributed by atoms with Gasteiger partial charge in [0.25, 0.3) is 5.91 Å². The van der Waals surface area contributed by atoms with E-state index in [2.05, 4.69) is 5.32 Å². The second-order valence-corrected chi connectivity index (χ2v) is 4.97. The topological polar surface area (TPSA) is 64.3 Å². The number of hydrogen-bond acceptors (Lipinski definition) is 3. The van der Waals surface area contributed by atoms with E-state index in [1.54, 1.807) is 6.92 Å². The van der Waals surface area contributed by atoms with Crippen LogP contribution in [0, 0.1) is 11.7 Å². The summed E-state index contributed by atoms with van der Waals surface area (Å²) in [5.74, 6) is -0.102. The average Bonchev–Trinajstić information content (AvgIpc) is 3.17. The first-order chi connectivity index (χ1) is 9.06. The summed E-state index contributed by atoms with van der Waals surface area (Å²) in [5, 5.41) is 2.49. The van der Waals surface area contributed by atoms with Crippen LogP contribution in [0.25, 0.3) is 0 Å². The predicted molar refractivity (Wildman–Crippen MR) is 72.2 cm³/mol. The van der Waals surface area contributed by atoms with Crippen LogP contribution in [-0.2, 0) is 9.53 Å². The summed E-state index contributed by atoms with van der Waals surface area (Å²) in [4.78, 5) is 11.8. The van der Waals surface area contributed by atoms with Crippen molar-refractivity contribution in [1.82, 2.24) is 0 Å². The zero-order chi connectivity index (χ0) is 13.8. The molecular formula is C14H19FN2O2. The molecule has 2 rings (SSSR count). The van der Waals surface area contributed by atoms with Crippen LogP contribution in [0.2, 0.25) is 0 Å². The maximum atomic E-state index is 13.4. The highest BCUT2D eigenvalue weighted by molar-refractivity contribution is 5.94. The fourth-order valence-corrected chi connectivity index (χ4v) is 1.77. The third-order valence-corrected chi connectivity index (χ3v) is 3.21. The lowest BCUT2D eigenvalue weighted by Gasteiger charge is -2.14. The van der Waals surface area contributed by atoms with Gasteiger partial charge in [-0.05, 0) is 37.5 Å². The first-order valence-corrected chi connectivity index (χ1v) is 6.53. The van der Waals surface area contributed by atoms with Gasteiger partial charge in [0.2, 0.25) is 0 Å². The van der Waals surface area contributed by atoms with Crippen LogP contribution in [0.5, 0.6) is 0 Å². The number of rotatable bonds is 6. The molecule has 0 aromatic heterocycles. The number of benzene rings is 1. The molecule has 0 radical (unpaired) electrons. The van der Waals surface area contributed by atoms with Crippen molar-refractivity contribution in [1.29, 1.82) is 0 Å². The molecule has 0 bridgehead atoms. The molecule has 104 valence electrons. The third kappa shape index (κ3) is 4.21. The number of halogens is 1. The van der Waals surface area contributed by atoms with Gasteiger partial charge in [0.15, 0.2) is 0 Å². The number of carbonyl (C=O) groups excluding carboxylic acids is 1. The Kier molecular flexibility index (Phi) is 4.37. The Balaban J connectivity index is 1.82. The van der Waals surface area contributed by atoms with Crippen molar-refractivity contribution in [2.75, 3.05) is 17.7 Å². The van der Waals surface area contributed by atoms with E-state index in [-0.39, 0.29) is 11.6 Å². The van der Waals surface area contributed by atoms with E-state index in [4.69, 9.17) is 10.5 Å². The smallest absolute Gasteiger partial charge is 0.253 e. The van der Waals surface area contributed by atoms with Crippen molar-refractivity contribution >= 4 is 17.3 Å². The largest absolute Gasteiger partial charge is 0.399 e. The van der Waals surface area contributed by atoms with Gasteiger partial charge in [0, 0.05) is 12.3 Å². The highest BCUT2D eigenvalue weighted by Crippen LogP contribution is 2.32. The second kappa shape index (κ2) is 6.02. The number of ether oxygens (including phenoxy) is 1. The van der Waals surface area contributed by atoms with Gasteiger partial charge in [-0.3, -0.25) is 4.79 Å². The van der Waals surface area contributed by atoms with E-state index in [0.717, 1.165) is 12.3 Å².